The molecule has 0 bridgehead atoms. The number of non-ortho nitro benzene ring substituents is 1. The average Bonchev–Trinajstić information content (AvgIpc) is 2.78. The van der Waals surface area contributed by atoms with Crippen molar-refractivity contribution in [2.24, 2.45) is 10.9 Å². The maximum Gasteiger partial charge on any atom is 0.315 e. The second kappa shape index (κ2) is 8.26. The molecule has 31 heavy (non-hydrogen) atoms. The Morgan fingerprint density at radius 3 is 2.35 bits per heavy atom. The Balaban J connectivity index is 1.80. The van der Waals surface area contributed by atoms with Crippen LogP contribution in [0.4, 0.5) is 5.69 Å². The molecule has 2 aromatic carbocycles. The van der Waals surface area contributed by atoms with Crippen molar-refractivity contribution in [1.29, 1.82) is 0 Å². The summed E-state index contributed by atoms with van der Waals surface area (Å²) in [6, 6.07) is 15.9. The Bertz CT molecular complexity index is 1100. The van der Waals surface area contributed by atoms with Crippen LogP contribution in [-0.4, -0.2) is 29.5 Å². The largest absolute Gasteiger partial charge is 0.468 e. The second-order valence-corrected chi connectivity index (χ2v) is 7.88. The summed E-state index contributed by atoms with van der Waals surface area (Å²) in [6.45, 7) is 1.76. The quantitative estimate of drug-likeness (QED) is 0.418. The zero-order valence-corrected chi connectivity index (χ0v) is 17.3. The molecule has 1 heterocycles. The topological polar surface area (TPSA) is 98.9 Å². The first kappa shape index (κ1) is 20.7. The van der Waals surface area contributed by atoms with Crippen LogP contribution in [0.25, 0.3) is 0 Å². The van der Waals surface area contributed by atoms with Gasteiger partial charge < -0.3 is 4.74 Å². The second-order valence-electron chi connectivity index (χ2n) is 7.88. The van der Waals surface area contributed by atoms with Gasteiger partial charge in [0.1, 0.15) is 5.92 Å². The van der Waals surface area contributed by atoms with Gasteiger partial charge in [0.25, 0.3) is 5.69 Å². The van der Waals surface area contributed by atoms with Gasteiger partial charge in [0.05, 0.1) is 12.0 Å². The standard InChI is InChI=1S/C24H22N2O5/c1-14-21(24(28)31-2)22(16-8-10-18(11-9-16)26(29)30)23-19(25-14)12-17(13-20(23)27)15-6-4-3-5-7-15/h3-11,17,21-22H,12-13H2,1-2H3/t17-,21?,22-/m1/s1. The Morgan fingerprint density at radius 2 is 1.74 bits per heavy atom. The molecular formula is C24H22N2O5. The first-order valence-corrected chi connectivity index (χ1v) is 10.1. The van der Waals surface area contributed by atoms with Crippen LogP contribution in [0.1, 0.15) is 42.7 Å². The zero-order chi connectivity index (χ0) is 22.1. The van der Waals surface area contributed by atoms with Gasteiger partial charge in [-0.25, -0.2) is 0 Å². The number of nitro groups is 1. The van der Waals surface area contributed by atoms with E-state index < -0.39 is 22.7 Å². The number of Topliss-reactive ketones (excluding diaryl/α,β-unsaturated/α-hetero) is 1. The van der Waals surface area contributed by atoms with E-state index in [1.54, 1.807) is 19.1 Å². The normalized spacial score (nSPS) is 23.1. The number of esters is 1. The highest BCUT2D eigenvalue weighted by atomic mass is 16.6. The minimum absolute atomic E-state index is 0.0242. The summed E-state index contributed by atoms with van der Waals surface area (Å²) in [5, 5.41) is 11.1. The smallest absolute Gasteiger partial charge is 0.315 e. The number of methoxy groups -OCH3 is 1. The fourth-order valence-electron chi connectivity index (χ4n) is 4.62. The summed E-state index contributed by atoms with van der Waals surface area (Å²) in [7, 11) is 1.31. The van der Waals surface area contributed by atoms with E-state index >= 15 is 0 Å². The summed E-state index contributed by atoms with van der Waals surface area (Å²) in [5.74, 6) is -1.83. The molecule has 7 nitrogen and oxygen atoms in total. The molecular weight excluding hydrogens is 396 g/mol. The number of hydrogen-bond donors (Lipinski definition) is 0. The van der Waals surface area contributed by atoms with Crippen LogP contribution >= 0.6 is 0 Å². The summed E-state index contributed by atoms with van der Waals surface area (Å²) in [5.41, 5.74) is 3.47. The van der Waals surface area contributed by atoms with E-state index in [0.29, 0.717) is 35.4 Å². The van der Waals surface area contributed by atoms with Crippen molar-refractivity contribution < 1.29 is 19.2 Å². The third-order valence-corrected chi connectivity index (χ3v) is 6.08. The van der Waals surface area contributed by atoms with Gasteiger partial charge in [-0.3, -0.25) is 24.7 Å². The highest BCUT2D eigenvalue weighted by Gasteiger charge is 2.44. The van der Waals surface area contributed by atoms with Gasteiger partial charge in [-0.1, -0.05) is 42.5 Å². The minimum Gasteiger partial charge on any atom is -0.468 e. The van der Waals surface area contributed by atoms with E-state index in [0.717, 1.165) is 5.56 Å². The van der Waals surface area contributed by atoms with E-state index in [1.165, 1.54) is 19.2 Å². The molecule has 0 saturated carbocycles. The van der Waals surface area contributed by atoms with Crippen LogP contribution < -0.4 is 0 Å². The number of allylic oxidation sites excluding steroid dienone is 2. The van der Waals surface area contributed by atoms with Crippen molar-refractivity contribution in [3.63, 3.8) is 0 Å². The number of carbonyl (C=O) groups is 2. The van der Waals surface area contributed by atoms with Gasteiger partial charge in [-0.15, -0.1) is 0 Å². The molecule has 158 valence electrons. The fraction of sp³-hybridized carbons (Fsp3) is 0.292. The molecule has 2 aromatic rings. The lowest BCUT2D eigenvalue weighted by Gasteiger charge is -2.36. The maximum atomic E-state index is 13.3. The molecule has 0 amide bonds. The average molecular weight is 418 g/mol. The number of benzene rings is 2. The van der Waals surface area contributed by atoms with Gasteiger partial charge in [-0.05, 0) is 30.4 Å². The number of hydrogen-bond acceptors (Lipinski definition) is 6. The molecule has 7 heteroatoms. The van der Waals surface area contributed by atoms with Crippen LogP contribution in [0.15, 0.2) is 70.9 Å². The van der Waals surface area contributed by atoms with Gasteiger partial charge in [0, 0.05) is 41.5 Å². The number of ether oxygens (including phenoxy) is 1. The van der Waals surface area contributed by atoms with E-state index in [2.05, 4.69) is 4.99 Å². The molecule has 0 aromatic heterocycles. The lowest BCUT2D eigenvalue weighted by Crippen LogP contribution is -2.37. The highest BCUT2D eigenvalue weighted by Crippen LogP contribution is 2.46. The zero-order valence-electron chi connectivity index (χ0n) is 17.3. The van der Waals surface area contributed by atoms with Crippen LogP contribution in [0, 0.1) is 16.0 Å². The van der Waals surface area contributed by atoms with Crippen molar-refractivity contribution in [2.75, 3.05) is 7.11 Å². The summed E-state index contributed by atoms with van der Waals surface area (Å²) in [4.78, 5) is 41.3. The molecule has 0 saturated heterocycles. The van der Waals surface area contributed by atoms with E-state index in [9.17, 15) is 19.7 Å². The Hall–Kier alpha value is -3.61. The molecule has 4 rings (SSSR count). The minimum atomic E-state index is -0.748. The summed E-state index contributed by atoms with van der Waals surface area (Å²) < 4.78 is 5.02. The SMILES string of the molecule is COC(=O)C1C(C)=NC2=C(C(=O)C[C@H](c3ccccc3)C2)[C@@H]1c1ccc([N+](=O)[O-])cc1. The molecule has 0 spiro atoms. The molecule has 0 N–H and O–H groups in total. The molecule has 1 aliphatic heterocycles. The number of ketones is 1. The maximum absolute atomic E-state index is 13.3. The number of nitrogens with zero attached hydrogens (tertiary/aromatic N) is 2. The Labute approximate surface area is 179 Å². The highest BCUT2D eigenvalue weighted by molar-refractivity contribution is 6.09. The number of rotatable bonds is 4. The van der Waals surface area contributed by atoms with Crippen LogP contribution in [0.2, 0.25) is 0 Å². The molecule has 0 radical (unpaired) electrons. The molecule has 2 aliphatic rings. The Kier molecular flexibility index (Phi) is 5.50. The molecule has 3 atom stereocenters. The summed E-state index contributed by atoms with van der Waals surface area (Å²) in [6.07, 6.45) is 0.925. The monoisotopic (exact) mass is 418 g/mol. The van der Waals surface area contributed by atoms with E-state index in [1.807, 2.05) is 30.3 Å². The van der Waals surface area contributed by atoms with Crippen molar-refractivity contribution >= 4 is 23.2 Å². The van der Waals surface area contributed by atoms with Gasteiger partial charge in [0.15, 0.2) is 5.78 Å². The third kappa shape index (κ3) is 3.79. The molecule has 0 fully saturated rings. The lowest BCUT2D eigenvalue weighted by molar-refractivity contribution is -0.384. The first-order valence-electron chi connectivity index (χ1n) is 10.1. The predicted octanol–water partition coefficient (Wildman–Crippen LogP) is 4.34. The first-order chi connectivity index (χ1) is 14.9. The fourth-order valence-corrected chi connectivity index (χ4v) is 4.62. The van der Waals surface area contributed by atoms with E-state index in [4.69, 9.17) is 4.74 Å². The van der Waals surface area contributed by atoms with Gasteiger partial charge >= 0.3 is 5.97 Å². The predicted molar refractivity (Wildman–Crippen MR) is 115 cm³/mol. The van der Waals surface area contributed by atoms with Crippen LogP contribution in [0.3, 0.4) is 0 Å². The van der Waals surface area contributed by atoms with Gasteiger partial charge in [0.2, 0.25) is 0 Å². The van der Waals surface area contributed by atoms with Crippen molar-refractivity contribution in [1.82, 2.24) is 0 Å². The van der Waals surface area contributed by atoms with Gasteiger partial charge in [-0.2, -0.15) is 0 Å². The number of nitro benzene ring substituents is 1. The van der Waals surface area contributed by atoms with Crippen molar-refractivity contribution in [2.45, 2.75) is 31.6 Å². The molecule has 1 aliphatic carbocycles. The lowest BCUT2D eigenvalue weighted by atomic mass is 9.69. The number of carbonyl (C=O) groups excluding carboxylic acids is 2. The summed E-state index contributed by atoms with van der Waals surface area (Å²) >= 11 is 0. The number of aliphatic imine (C=N–C) groups is 1. The molecule has 1 unspecified atom stereocenters. The van der Waals surface area contributed by atoms with Crippen molar-refractivity contribution in [3.8, 4) is 0 Å². The van der Waals surface area contributed by atoms with Crippen LogP contribution in [0.5, 0.6) is 0 Å². The van der Waals surface area contributed by atoms with Crippen molar-refractivity contribution in [3.05, 3.63) is 87.1 Å². The Morgan fingerprint density at radius 1 is 1.06 bits per heavy atom. The third-order valence-electron chi connectivity index (χ3n) is 6.08. The van der Waals surface area contributed by atoms with E-state index in [-0.39, 0.29) is 17.4 Å². The van der Waals surface area contributed by atoms with Crippen LogP contribution in [-0.2, 0) is 14.3 Å².